The number of hydrogen-bond donors (Lipinski definition) is 0. The van der Waals surface area contributed by atoms with Crippen LogP contribution >= 0.6 is 11.3 Å². The van der Waals surface area contributed by atoms with Gasteiger partial charge in [0.25, 0.3) is 10.0 Å². The summed E-state index contributed by atoms with van der Waals surface area (Å²) in [4.78, 5) is 26.1. The van der Waals surface area contributed by atoms with E-state index in [0.29, 0.717) is 36.6 Å². The summed E-state index contributed by atoms with van der Waals surface area (Å²) in [6.07, 6.45) is 2.10. The highest BCUT2D eigenvalue weighted by Gasteiger charge is 2.34. The lowest BCUT2D eigenvalue weighted by Crippen LogP contribution is -2.45. The highest BCUT2D eigenvalue weighted by molar-refractivity contribution is 7.91. The zero-order valence-electron chi connectivity index (χ0n) is 17.0. The van der Waals surface area contributed by atoms with Crippen LogP contribution in [-0.2, 0) is 24.3 Å². The van der Waals surface area contributed by atoms with Crippen molar-refractivity contribution in [3.05, 3.63) is 17.5 Å². The quantitative estimate of drug-likeness (QED) is 0.621. The molecule has 1 amide bonds. The molecule has 1 aliphatic heterocycles. The Kier molecular flexibility index (Phi) is 7.64. The van der Waals surface area contributed by atoms with Crippen LogP contribution in [0.15, 0.2) is 21.7 Å². The van der Waals surface area contributed by atoms with Gasteiger partial charge in [0.2, 0.25) is 5.91 Å². The zero-order chi connectivity index (χ0) is 20.9. The van der Waals surface area contributed by atoms with Gasteiger partial charge in [0.1, 0.15) is 9.81 Å². The Morgan fingerprint density at radius 1 is 1.36 bits per heavy atom. The van der Waals surface area contributed by atoms with Gasteiger partial charge in [-0.05, 0) is 51.5 Å². The molecule has 0 aromatic carbocycles. The van der Waals surface area contributed by atoms with E-state index in [1.165, 1.54) is 15.6 Å². The summed E-state index contributed by atoms with van der Waals surface area (Å²) in [7, 11) is -1.84. The first-order valence-corrected chi connectivity index (χ1v) is 11.8. The largest absolute Gasteiger partial charge is 0.460 e. The third-order valence-corrected chi connectivity index (χ3v) is 7.73. The summed E-state index contributed by atoms with van der Waals surface area (Å²) in [5, 5.41) is 1.73. The van der Waals surface area contributed by atoms with Crippen molar-refractivity contribution in [3.8, 4) is 0 Å². The fraction of sp³-hybridized carbons (Fsp3) is 0.684. The third-order valence-electron chi connectivity index (χ3n) is 4.49. The van der Waals surface area contributed by atoms with Gasteiger partial charge < -0.3 is 9.64 Å². The van der Waals surface area contributed by atoms with Crippen molar-refractivity contribution in [2.24, 2.45) is 5.92 Å². The first-order chi connectivity index (χ1) is 13.0. The molecular formula is C19H30N2O5S2. The van der Waals surface area contributed by atoms with E-state index in [1.807, 2.05) is 20.8 Å². The van der Waals surface area contributed by atoms with E-state index in [1.54, 1.807) is 29.5 Å². The predicted octanol–water partition coefficient (Wildman–Crippen LogP) is 2.73. The normalized spacial score (nSPS) is 18.6. The number of carbonyl (C=O) groups excluding carboxylic acids is 2. The van der Waals surface area contributed by atoms with E-state index >= 15 is 0 Å². The Bertz CT molecular complexity index is 769. The number of nitrogens with zero attached hydrogens (tertiary/aromatic N) is 2. The molecule has 28 heavy (non-hydrogen) atoms. The van der Waals surface area contributed by atoms with Crippen LogP contribution in [0.1, 0.15) is 46.5 Å². The molecule has 0 saturated carbocycles. The monoisotopic (exact) mass is 430 g/mol. The number of esters is 1. The van der Waals surface area contributed by atoms with E-state index in [2.05, 4.69) is 0 Å². The maximum atomic E-state index is 12.8. The van der Waals surface area contributed by atoms with E-state index in [-0.39, 0.29) is 30.8 Å². The maximum absolute atomic E-state index is 12.8. The van der Waals surface area contributed by atoms with Gasteiger partial charge in [-0.2, -0.15) is 4.31 Å². The van der Waals surface area contributed by atoms with Gasteiger partial charge in [-0.15, -0.1) is 11.3 Å². The van der Waals surface area contributed by atoms with Crippen LogP contribution < -0.4 is 0 Å². The number of carbonyl (C=O) groups is 2. The van der Waals surface area contributed by atoms with E-state index in [4.69, 9.17) is 4.74 Å². The molecule has 0 bridgehead atoms. The summed E-state index contributed by atoms with van der Waals surface area (Å²) < 4.78 is 32.4. The van der Waals surface area contributed by atoms with Crippen LogP contribution in [0, 0.1) is 5.92 Å². The van der Waals surface area contributed by atoms with Crippen molar-refractivity contribution in [1.82, 2.24) is 9.21 Å². The molecule has 1 atom stereocenters. The molecule has 158 valence electrons. The molecule has 9 heteroatoms. The Balaban J connectivity index is 1.87. The minimum Gasteiger partial charge on any atom is -0.460 e. The zero-order valence-corrected chi connectivity index (χ0v) is 18.6. The Labute approximate surface area is 171 Å². The number of hydrogen-bond acceptors (Lipinski definition) is 6. The van der Waals surface area contributed by atoms with Crippen molar-refractivity contribution in [2.75, 3.05) is 26.7 Å². The average Bonchev–Trinajstić information content (AvgIpc) is 3.15. The highest BCUT2D eigenvalue weighted by Crippen LogP contribution is 2.27. The highest BCUT2D eigenvalue weighted by atomic mass is 32.2. The fourth-order valence-electron chi connectivity index (χ4n) is 3.17. The average molecular weight is 431 g/mol. The minimum absolute atomic E-state index is 0.0738. The van der Waals surface area contributed by atoms with Gasteiger partial charge >= 0.3 is 5.97 Å². The van der Waals surface area contributed by atoms with Gasteiger partial charge in [0, 0.05) is 33.1 Å². The molecule has 0 spiro atoms. The van der Waals surface area contributed by atoms with Crippen LogP contribution in [-0.4, -0.2) is 61.8 Å². The van der Waals surface area contributed by atoms with Crippen LogP contribution in [0.25, 0.3) is 0 Å². The SMILES string of the molecule is CN(CCCC(=O)OC(C)(C)C)C(=O)C1CCCN(S(=O)(=O)c2cccs2)C1. The molecule has 2 rings (SSSR count). The number of amides is 1. The summed E-state index contributed by atoms with van der Waals surface area (Å²) in [5.41, 5.74) is -0.515. The van der Waals surface area contributed by atoms with E-state index in [9.17, 15) is 18.0 Å². The molecule has 0 N–H and O–H groups in total. The van der Waals surface area contributed by atoms with Crippen LogP contribution in [0.2, 0.25) is 0 Å². The summed E-state index contributed by atoms with van der Waals surface area (Å²) in [6, 6.07) is 3.30. The van der Waals surface area contributed by atoms with Crippen molar-refractivity contribution < 1.29 is 22.7 Å². The molecule has 2 heterocycles. The fourth-order valence-corrected chi connectivity index (χ4v) is 5.84. The van der Waals surface area contributed by atoms with Crippen molar-refractivity contribution in [2.45, 2.75) is 56.3 Å². The molecule has 1 aromatic rings. The summed E-state index contributed by atoms with van der Waals surface area (Å²) in [6.45, 7) is 6.53. The number of sulfonamides is 1. The predicted molar refractivity (Wildman–Crippen MR) is 109 cm³/mol. The molecule has 1 saturated heterocycles. The van der Waals surface area contributed by atoms with Gasteiger partial charge in [0.15, 0.2) is 0 Å². The summed E-state index contributed by atoms with van der Waals surface area (Å²) >= 11 is 1.19. The third kappa shape index (κ3) is 6.28. The number of piperidine rings is 1. The van der Waals surface area contributed by atoms with Gasteiger partial charge in [-0.3, -0.25) is 9.59 Å². The molecule has 7 nitrogen and oxygen atoms in total. The standard InChI is InChI=1S/C19H30N2O5S2/c1-19(2,3)26-16(22)9-6-11-20(4)18(23)15-8-5-12-21(14-15)28(24,25)17-10-7-13-27-17/h7,10,13,15H,5-6,8-9,11-12,14H2,1-4H3. The second kappa shape index (κ2) is 9.37. The van der Waals surface area contributed by atoms with Crippen LogP contribution in [0.4, 0.5) is 0 Å². The van der Waals surface area contributed by atoms with Crippen LogP contribution in [0.3, 0.4) is 0 Å². The maximum Gasteiger partial charge on any atom is 0.306 e. The number of rotatable bonds is 7. The second-order valence-corrected chi connectivity index (χ2v) is 11.2. The van der Waals surface area contributed by atoms with Gasteiger partial charge in [-0.1, -0.05) is 6.07 Å². The molecular weight excluding hydrogens is 400 g/mol. The molecule has 0 radical (unpaired) electrons. The van der Waals surface area contributed by atoms with Gasteiger partial charge in [0.05, 0.1) is 5.92 Å². The van der Waals surface area contributed by atoms with E-state index < -0.39 is 15.6 Å². The second-order valence-electron chi connectivity index (χ2n) is 8.08. The van der Waals surface area contributed by atoms with Crippen LogP contribution in [0.5, 0.6) is 0 Å². The topological polar surface area (TPSA) is 84.0 Å². The molecule has 1 aliphatic rings. The lowest BCUT2D eigenvalue weighted by Gasteiger charge is -2.33. The Hall–Kier alpha value is -1.45. The van der Waals surface area contributed by atoms with Crippen molar-refractivity contribution in [3.63, 3.8) is 0 Å². The van der Waals surface area contributed by atoms with E-state index in [0.717, 1.165) is 0 Å². The molecule has 0 aliphatic carbocycles. The summed E-state index contributed by atoms with van der Waals surface area (Å²) in [5.74, 6) is -0.704. The Morgan fingerprint density at radius 2 is 2.07 bits per heavy atom. The first-order valence-electron chi connectivity index (χ1n) is 9.51. The minimum atomic E-state index is -3.54. The van der Waals surface area contributed by atoms with Crippen molar-refractivity contribution in [1.29, 1.82) is 0 Å². The van der Waals surface area contributed by atoms with Gasteiger partial charge in [-0.25, -0.2) is 8.42 Å². The molecule has 1 aromatic heterocycles. The smallest absolute Gasteiger partial charge is 0.306 e. The Morgan fingerprint density at radius 3 is 2.68 bits per heavy atom. The number of thiophene rings is 1. The molecule has 1 fully saturated rings. The lowest BCUT2D eigenvalue weighted by molar-refractivity contribution is -0.155. The molecule has 1 unspecified atom stereocenters. The first kappa shape index (κ1) is 22.8. The lowest BCUT2D eigenvalue weighted by atomic mass is 9.98. The number of ether oxygens (including phenoxy) is 1. The van der Waals surface area contributed by atoms with Crippen molar-refractivity contribution >= 4 is 33.2 Å².